The first-order valence-electron chi connectivity index (χ1n) is 8.05. The Labute approximate surface area is 128 Å². The summed E-state index contributed by atoms with van der Waals surface area (Å²) >= 11 is 0. The molecule has 6 nitrogen and oxygen atoms in total. The van der Waals surface area contributed by atoms with Crippen molar-refractivity contribution in [2.75, 3.05) is 42.3 Å². The van der Waals surface area contributed by atoms with Crippen molar-refractivity contribution in [3.05, 3.63) is 0 Å². The second-order valence-corrected chi connectivity index (χ2v) is 5.97. The summed E-state index contributed by atoms with van der Waals surface area (Å²) in [5, 5.41) is 3.28. The summed E-state index contributed by atoms with van der Waals surface area (Å²) in [6.45, 7) is 6.32. The van der Waals surface area contributed by atoms with Gasteiger partial charge in [0.15, 0.2) is 0 Å². The lowest BCUT2D eigenvalue weighted by atomic mass is 10.1. The lowest BCUT2D eigenvalue weighted by Crippen LogP contribution is -2.34. The predicted molar refractivity (Wildman–Crippen MR) is 88.2 cm³/mol. The molecule has 1 aliphatic rings. The van der Waals surface area contributed by atoms with Crippen LogP contribution >= 0.6 is 0 Å². The topological polar surface area (TPSA) is 57.2 Å². The zero-order chi connectivity index (χ0) is 15.2. The van der Waals surface area contributed by atoms with Crippen molar-refractivity contribution in [2.24, 2.45) is 0 Å². The molecule has 2 heterocycles. The summed E-state index contributed by atoms with van der Waals surface area (Å²) in [6.07, 6.45) is 6.07. The number of hydrogen-bond acceptors (Lipinski definition) is 6. The first kappa shape index (κ1) is 15.8. The molecular formula is C15H28N6. The Balaban J connectivity index is 2.29. The van der Waals surface area contributed by atoms with E-state index in [2.05, 4.69) is 39.0 Å². The van der Waals surface area contributed by atoms with Crippen LogP contribution in [0.1, 0.15) is 46.0 Å². The Kier molecular flexibility index (Phi) is 5.59. The van der Waals surface area contributed by atoms with Gasteiger partial charge in [-0.25, -0.2) is 0 Å². The summed E-state index contributed by atoms with van der Waals surface area (Å²) in [6, 6.07) is 0.490. The molecule has 0 spiro atoms. The van der Waals surface area contributed by atoms with Crippen LogP contribution in [-0.4, -0.2) is 48.2 Å². The lowest BCUT2D eigenvalue weighted by molar-refractivity contribution is 0.604. The summed E-state index contributed by atoms with van der Waals surface area (Å²) in [4.78, 5) is 18.0. The minimum Gasteiger partial charge on any atom is -0.354 e. The second kappa shape index (κ2) is 7.43. The third-order valence-corrected chi connectivity index (χ3v) is 3.85. The van der Waals surface area contributed by atoms with E-state index in [4.69, 9.17) is 0 Å². The molecule has 0 saturated carbocycles. The molecule has 1 unspecified atom stereocenters. The standard InChI is InChI=1S/C15H28N6/c1-5-10-16-13-17-14(20(3)4)19-15(18-13)21-11-8-6-7-9-12(21)2/h12H,5-11H2,1-4H3,(H,16,17,18,19). The Morgan fingerprint density at radius 2 is 2.00 bits per heavy atom. The quantitative estimate of drug-likeness (QED) is 0.900. The highest BCUT2D eigenvalue weighted by atomic mass is 15.4. The molecule has 0 bridgehead atoms. The largest absolute Gasteiger partial charge is 0.354 e. The van der Waals surface area contributed by atoms with Crippen molar-refractivity contribution >= 4 is 17.8 Å². The van der Waals surface area contributed by atoms with Crippen LogP contribution in [0.2, 0.25) is 0 Å². The van der Waals surface area contributed by atoms with Crippen molar-refractivity contribution < 1.29 is 0 Å². The van der Waals surface area contributed by atoms with Crippen LogP contribution in [0.5, 0.6) is 0 Å². The molecule has 1 fully saturated rings. The number of rotatable bonds is 5. The molecule has 0 aliphatic carbocycles. The van der Waals surface area contributed by atoms with E-state index < -0.39 is 0 Å². The maximum absolute atomic E-state index is 4.65. The fourth-order valence-corrected chi connectivity index (χ4v) is 2.57. The van der Waals surface area contributed by atoms with E-state index in [1.807, 2.05) is 19.0 Å². The zero-order valence-corrected chi connectivity index (χ0v) is 13.8. The van der Waals surface area contributed by atoms with E-state index in [0.29, 0.717) is 12.0 Å². The second-order valence-electron chi connectivity index (χ2n) is 5.97. The molecule has 2 rings (SSSR count). The molecule has 1 aliphatic heterocycles. The molecule has 1 saturated heterocycles. The van der Waals surface area contributed by atoms with Crippen molar-refractivity contribution in [2.45, 2.75) is 52.0 Å². The third-order valence-electron chi connectivity index (χ3n) is 3.85. The molecule has 118 valence electrons. The van der Waals surface area contributed by atoms with E-state index in [9.17, 15) is 0 Å². The van der Waals surface area contributed by atoms with Crippen molar-refractivity contribution in [1.29, 1.82) is 0 Å². The molecule has 0 amide bonds. The third kappa shape index (κ3) is 4.19. The average molecular weight is 292 g/mol. The number of anilines is 3. The monoisotopic (exact) mass is 292 g/mol. The smallest absolute Gasteiger partial charge is 0.232 e. The van der Waals surface area contributed by atoms with Crippen LogP contribution in [0.15, 0.2) is 0 Å². The van der Waals surface area contributed by atoms with Gasteiger partial charge >= 0.3 is 0 Å². The molecule has 21 heavy (non-hydrogen) atoms. The highest BCUT2D eigenvalue weighted by molar-refractivity contribution is 5.45. The van der Waals surface area contributed by atoms with Crippen LogP contribution in [0.25, 0.3) is 0 Å². The maximum atomic E-state index is 4.65. The number of nitrogens with one attached hydrogen (secondary N) is 1. The maximum Gasteiger partial charge on any atom is 0.232 e. The zero-order valence-electron chi connectivity index (χ0n) is 13.8. The fourth-order valence-electron chi connectivity index (χ4n) is 2.57. The highest BCUT2D eigenvalue weighted by Gasteiger charge is 2.21. The van der Waals surface area contributed by atoms with Gasteiger partial charge in [-0.3, -0.25) is 0 Å². The van der Waals surface area contributed by atoms with Crippen LogP contribution in [0, 0.1) is 0 Å². The Hall–Kier alpha value is -1.59. The normalized spacial score (nSPS) is 19.2. The van der Waals surface area contributed by atoms with Gasteiger partial charge in [-0.15, -0.1) is 0 Å². The first-order valence-corrected chi connectivity index (χ1v) is 8.05. The fraction of sp³-hybridized carbons (Fsp3) is 0.800. The number of nitrogens with zero attached hydrogens (tertiary/aromatic N) is 5. The van der Waals surface area contributed by atoms with Crippen LogP contribution < -0.4 is 15.1 Å². The molecular weight excluding hydrogens is 264 g/mol. The lowest BCUT2D eigenvalue weighted by Gasteiger charge is -2.28. The van der Waals surface area contributed by atoms with Gasteiger partial charge in [0.25, 0.3) is 0 Å². The summed E-state index contributed by atoms with van der Waals surface area (Å²) < 4.78 is 0. The van der Waals surface area contributed by atoms with Gasteiger partial charge in [-0.1, -0.05) is 19.8 Å². The van der Waals surface area contributed by atoms with Gasteiger partial charge < -0.3 is 15.1 Å². The molecule has 6 heteroatoms. The van der Waals surface area contributed by atoms with E-state index >= 15 is 0 Å². The molecule has 1 atom stereocenters. The van der Waals surface area contributed by atoms with Crippen LogP contribution in [0.3, 0.4) is 0 Å². The summed E-state index contributed by atoms with van der Waals surface area (Å²) in [5.74, 6) is 2.21. The predicted octanol–water partition coefficient (Wildman–Crippen LogP) is 2.53. The van der Waals surface area contributed by atoms with Crippen molar-refractivity contribution in [3.8, 4) is 0 Å². The van der Waals surface area contributed by atoms with Gasteiger partial charge in [0.05, 0.1) is 0 Å². The molecule has 1 aromatic heterocycles. The van der Waals surface area contributed by atoms with Gasteiger partial charge in [-0.2, -0.15) is 15.0 Å². The average Bonchev–Trinajstić information content (AvgIpc) is 2.69. The van der Waals surface area contributed by atoms with E-state index in [1.54, 1.807) is 0 Å². The van der Waals surface area contributed by atoms with Crippen LogP contribution in [0.4, 0.5) is 17.8 Å². The number of hydrogen-bond donors (Lipinski definition) is 1. The molecule has 0 aromatic carbocycles. The van der Waals surface area contributed by atoms with Crippen LogP contribution in [-0.2, 0) is 0 Å². The van der Waals surface area contributed by atoms with Crippen molar-refractivity contribution in [3.63, 3.8) is 0 Å². The minimum atomic E-state index is 0.490. The van der Waals surface area contributed by atoms with Gasteiger partial charge in [0.1, 0.15) is 0 Å². The van der Waals surface area contributed by atoms with E-state index in [-0.39, 0.29) is 0 Å². The molecule has 1 aromatic rings. The Morgan fingerprint density at radius 3 is 2.71 bits per heavy atom. The number of aromatic nitrogens is 3. The molecule has 1 N–H and O–H groups in total. The van der Waals surface area contributed by atoms with Crippen molar-refractivity contribution in [1.82, 2.24) is 15.0 Å². The highest BCUT2D eigenvalue weighted by Crippen LogP contribution is 2.23. The van der Waals surface area contributed by atoms with Gasteiger partial charge in [0, 0.05) is 33.2 Å². The first-order chi connectivity index (χ1) is 10.1. The van der Waals surface area contributed by atoms with E-state index in [1.165, 1.54) is 25.7 Å². The Morgan fingerprint density at radius 1 is 1.19 bits per heavy atom. The summed E-state index contributed by atoms with van der Waals surface area (Å²) in [7, 11) is 3.93. The summed E-state index contributed by atoms with van der Waals surface area (Å²) in [5.41, 5.74) is 0. The minimum absolute atomic E-state index is 0.490. The molecule has 0 radical (unpaired) electrons. The van der Waals surface area contributed by atoms with Gasteiger partial charge in [0.2, 0.25) is 17.8 Å². The SMILES string of the molecule is CCCNc1nc(N(C)C)nc(N2CCCCCC2C)n1. The van der Waals surface area contributed by atoms with Gasteiger partial charge in [-0.05, 0) is 26.2 Å². The Bertz CT molecular complexity index is 448. The van der Waals surface area contributed by atoms with E-state index in [0.717, 1.165) is 31.4 Å².